The largest absolute Gasteiger partial charge is 0.481 e. The molecule has 2 unspecified atom stereocenters. The maximum Gasteiger partial charge on any atom is 0.316 e. The molecule has 7 nitrogen and oxygen atoms in total. The van der Waals surface area contributed by atoms with Gasteiger partial charge in [-0.1, -0.05) is 27.7 Å². The molecule has 0 aromatic rings. The van der Waals surface area contributed by atoms with Gasteiger partial charge in [0, 0.05) is 45.8 Å². The van der Waals surface area contributed by atoms with Crippen LogP contribution in [0.1, 0.15) is 27.7 Å². The summed E-state index contributed by atoms with van der Waals surface area (Å²) in [4.78, 5) is 30.6. The Morgan fingerprint density at radius 2 is 1.76 bits per heavy atom. The highest BCUT2D eigenvalue weighted by atomic mass is 16.5. The molecule has 1 N–H and O–H groups in total. The first-order chi connectivity index (χ1) is 11.7. The average molecular weight is 355 g/mol. The van der Waals surface area contributed by atoms with Crippen molar-refractivity contribution in [3.8, 4) is 0 Å². The van der Waals surface area contributed by atoms with Gasteiger partial charge in [-0.05, 0) is 12.0 Å². The second kappa shape index (κ2) is 8.47. The SMILES string of the molecule is CCN1CCOC(CN2CCN(C(=O)C(C(=O)O)C(C)(C)C)CC2)C1. The Hall–Kier alpha value is -1.18. The van der Waals surface area contributed by atoms with Crippen molar-refractivity contribution in [1.29, 1.82) is 0 Å². The molecule has 0 spiro atoms. The van der Waals surface area contributed by atoms with Crippen LogP contribution in [0, 0.1) is 11.3 Å². The van der Waals surface area contributed by atoms with Crippen LogP contribution in [-0.2, 0) is 14.3 Å². The van der Waals surface area contributed by atoms with Crippen LogP contribution in [0.15, 0.2) is 0 Å². The number of amides is 1. The van der Waals surface area contributed by atoms with Gasteiger partial charge in [0.25, 0.3) is 0 Å². The third-order valence-corrected chi connectivity index (χ3v) is 5.18. The predicted molar refractivity (Wildman–Crippen MR) is 95.5 cm³/mol. The molecule has 2 fully saturated rings. The van der Waals surface area contributed by atoms with Crippen molar-refractivity contribution in [3.05, 3.63) is 0 Å². The Kier molecular flexibility index (Phi) is 6.82. The van der Waals surface area contributed by atoms with Gasteiger partial charge in [0.05, 0.1) is 12.7 Å². The minimum atomic E-state index is -1.03. The van der Waals surface area contributed by atoms with E-state index >= 15 is 0 Å². The second-order valence-electron chi connectivity index (χ2n) is 8.15. The zero-order valence-electron chi connectivity index (χ0n) is 16.0. The van der Waals surface area contributed by atoms with Gasteiger partial charge in [-0.3, -0.25) is 19.4 Å². The number of carboxylic acids is 1. The summed E-state index contributed by atoms with van der Waals surface area (Å²) >= 11 is 0. The molecule has 0 aliphatic carbocycles. The van der Waals surface area contributed by atoms with Crippen molar-refractivity contribution in [2.24, 2.45) is 11.3 Å². The zero-order valence-corrected chi connectivity index (χ0v) is 16.0. The summed E-state index contributed by atoms with van der Waals surface area (Å²) in [5.41, 5.74) is -0.584. The van der Waals surface area contributed by atoms with E-state index in [9.17, 15) is 14.7 Å². The zero-order chi connectivity index (χ0) is 18.6. The number of carbonyl (C=O) groups is 2. The van der Waals surface area contributed by atoms with Gasteiger partial charge in [0.2, 0.25) is 5.91 Å². The van der Waals surface area contributed by atoms with E-state index in [1.54, 1.807) is 25.7 Å². The van der Waals surface area contributed by atoms with Gasteiger partial charge in [-0.25, -0.2) is 0 Å². The Morgan fingerprint density at radius 3 is 2.28 bits per heavy atom. The van der Waals surface area contributed by atoms with E-state index in [1.807, 2.05) is 0 Å². The number of piperazine rings is 1. The monoisotopic (exact) mass is 355 g/mol. The molecule has 0 radical (unpaired) electrons. The molecule has 0 aromatic carbocycles. The molecule has 2 rings (SSSR count). The molecular formula is C18H33N3O4. The van der Waals surface area contributed by atoms with Crippen molar-refractivity contribution in [2.45, 2.75) is 33.8 Å². The summed E-state index contributed by atoms with van der Waals surface area (Å²) in [6.45, 7) is 15.0. The minimum absolute atomic E-state index is 0.220. The molecular weight excluding hydrogens is 322 g/mol. The summed E-state index contributed by atoms with van der Waals surface area (Å²) < 4.78 is 5.86. The molecule has 7 heteroatoms. The number of aliphatic carboxylic acids is 1. The summed E-state index contributed by atoms with van der Waals surface area (Å²) in [6, 6.07) is 0. The molecule has 0 aromatic heterocycles. The number of likely N-dealkylation sites (N-methyl/N-ethyl adjacent to an activating group) is 1. The molecule has 2 aliphatic heterocycles. The molecule has 2 atom stereocenters. The summed E-state index contributed by atoms with van der Waals surface area (Å²) in [7, 11) is 0. The Labute approximate surface area is 150 Å². The molecule has 25 heavy (non-hydrogen) atoms. The van der Waals surface area contributed by atoms with E-state index in [1.165, 1.54) is 0 Å². The lowest BCUT2D eigenvalue weighted by atomic mass is 9.79. The fraction of sp³-hybridized carbons (Fsp3) is 0.889. The normalized spacial score (nSPS) is 25.0. The van der Waals surface area contributed by atoms with Crippen molar-refractivity contribution in [2.75, 3.05) is 59.0 Å². The van der Waals surface area contributed by atoms with Crippen molar-refractivity contribution in [3.63, 3.8) is 0 Å². The lowest BCUT2D eigenvalue weighted by molar-refractivity contribution is -0.157. The Balaban J connectivity index is 1.84. The molecule has 0 bridgehead atoms. The first-order valence-electron chi connectivity index (χ1n) is 9.30. The number of nitrogens with zero attached hydrogens (tertiary/aromatic N) is 3. The number of hydrogen-bond acceptors (Lipinski definition) is 5. The Morgan fingerprint density at radius 1 is 1.12 bits per heavy atom. The highest BCUT2D eigenvalue weighted by Gasteiger charge is 2.40. The van der Waals surface area contributed by atoms with Crippen LogP contribution in [-0.4, -0.2) is 96.8 Å². The molecule has 2 saturated heterocycles. The summed E-state index contributed by atoms with van der Waals surface area (Å²) in [6.07, 6.45) is 0.220. The van der Waals surface area contributed by atoms with E-state index in [0.717, 1.165) is 45.9 Å². The first-order valence-corrected chi connectivity index (χ1v) is 9.30. The van der Waals surface area contributed by atoms with Gasteiger partial charge in [0.1, 0.15) is 5.92 Å². The maximum atomic E-state index is 12.7. The predicted octanol–water partition coefficient (Wildman–Crippen LogP) is 0.598. The molecule has 1 amide bonds. The molecule has 2 heterocycles. The average Bonchev–Trinajstić information content (AvgIpc) is 2.54. The van der Waals surface area contributed by atoms with E-state index in [-0.39, 0.29) is 12.0 Å². The van der Waals surface area contributed by atoms with E-state index in [4.69, 9.17) is 4.74 Å². The van der Waals surface area contributed by atoms with E-state index in [2.05, 4.69) is 16.7 Å². The van der Waals surface area contributed by atoms with Crippen LogP contribution in [0.3, 0.4) is 0 Å². The third kappa shape index (κ3) is 5.39. The van der Waals surface area contributed by atoms with Gasteiger partial charge in [-0.2, -0.15) is 0 Å². The van der Waals surface area contributed by atoms with Crippen molar-refractivity contribution < 1.29 is 19.4 Å². The van der Waals surface area contributed by atoms with Crippen molar-refractivity contribution in [1.82, 2.24) is 14.7 Å². The first kappa shape index (κ1) is 20.1. The molecule has 144 valence electrons. The fourth-order valence-electron chi connectivity index (χ4n) is 3.65. The van der Waals surface area contributed by atoms with Crippen LogP contribution in [0.5, 0.6) is 0 Å². The van der Waals surface area contributed by atoms with Crippen molar-refractivity contribution >= 4 is 11.9 Å². The fourth-order valence-corrected chi connectivity index (χ4v) is 3.65. The van der Waals surface area contributed by atoms with Gasteiger partial charge in [-0.15, -0.1) is 0 Å². The third-order valence-electron chi connectivity index (χ3n) is 5.18. The van der Waals surface area contributed by atoms with E-state index in [0.29, 0.717) is 13.1 Å². The second-order valence-corrected chi connectivity index (χ2v) is 8.15. The van der Waals surface area contributed by atoms with Crippen LogP contribution in [0.2, 0.25) is 0 Å². The van der Waals surface area contributed by atoms with Gasteiger partial charge < -0.3 is 14.7 Å². The highest BCUT2D eigenvalue weighted by molar-refractivity contribution is 5.97. The Bertz CT molecular complexity index is 469. The topological polar surface area (TPSA) is 73.3 Å². The standard InChI is InChI=1S/C18H33N3O4/c1-5-19-10-11-25-14(12-19)13-20-6-8-21(9-7-20)16(22)15(17(23)24)18(2,3)4/h14-15H,5-13H2,1-4H3,(H,23,24). The quantitative estimate of drug-likeness (QED) is 0.728. The number of rotatable bonds is 5. The molecule has 0 saturated carbocycles. The molecule has 2 aliphatic rings. The maximum absolute atomic E-state index is 12.7. The van der Waals surface area contributed by atoms with Crippen LogP contribution < -0.4 is 0 Å². The van der Waals surface area contributed by atoms with Gasteiger partial charge in [0.15, 0.2) is 0 Å². The smallest absolute Gasteiger partial charge is 0.316 e. The summed E-state index contributed by atoms with van der Waals surface area (Å²) in [5, 5.41) is 9.45. The van der Waals surface area contributed by atoms with E-state index < -0.39 is 17.3 Å². The number of carbonyl (C=O) groups excluding carboxylic acids is 1. The lowest BCUT2D eigenvalue weighted by Gasteiger charge is -2.40. The lowest BCUT2D eigenvalue weighted by Crippen LogP contribution is -2.55. The summed E-state index contributed by atoms with van der Waals surface area (Å²) in [5.74, 6) is -2.28. The van der Waals surface area contributed by atoms with Crippen LogP contribution in [0.4, 0.5) is 0 Å². The number of morpholine rings is 1. The minimum Gasteiger partial charge on any atom is -0.481 e. The van der Waals surface area contributed by atoms with Crippen LogP contribution >= 0.6 is 0 Å². The number of ether oxygens (including phenoxy) is 1. The van der Waals surface area contributed by atoms with Crippen LogP contribution in [0.25, 0.3) is 0 Å². The number of hydrogen-bond donors (Lipinski definition) is 1. The van der Waals surface area contributed by atoms with Gasteiger partial charge >= 0.3 is 5.97 Å². The number of carboxylic acid groups (broad SMARTS) is 1. The highest BCUT2D eigenvalue weighted by Crippen LogP contribution is 2.28.